The van der Waals surface area contributed by atoms with Gasteiger partial charge in [0.05, 0.1) is 12.8 Å². The minimum absolute atomic E-state index is 0.0208. The number of hydrogen-bond donors (Lipinski definition) is 1. The first-order chi connectivity index (χ1) is 11.1. The number of unbranched alkanes of at least 4 members (excludes halogenated alkanes) is 1. The Kier molecular flexibility index (Phi) is 6.46. The Morgan fingerprint density at radius 2 is 2.26 bits per heavy atom. The molecular formula is C16H21N3O3S. The van der Waals surface area contributed by atoms with Crippen LogP contribution in [-0.4, -0.2) is 21.2 Å². The summed E-state index contributed by atoms with van der Waals surface area (Å²) in [5.74, 6) is 1.60. The molecule has 0 spiro atoms. The SMILES string of the molecule is Cc1cc(=O)n(C)c(SCCCCC(=O)NCc2ccco2)n1. The Bertz CT molecular complexity index is 695. The van der Waals surface area contributed by atoms with E-state index in [1.807, 2.05) is 13.0 Å². The summed E-state index contributed by atoms with van der Waals surface area (Å²) in [5.41, 5.74) is 0.685. The topological polar surface area (TPSA) is 77.1 Å². The number of carbonyl (C=O) groups is 1. The zero-order valence-corrected chi connectivity index (χ0v) is 14.2. The Labute approximate surface area is 139 Å². The molecule has 0 atom stereocenters. The van der Waals surface area contributed by atoms with Crippen molar-refractivity contribution in [1.29, 1.82) is 0 Å². The second-order valence-corrected chi connectivity index (χ2v) is 6.30. The van der Waals surface area contributed by atoms with E-state index in [4.69, 9.17) is 4.42 Å². The van der Waals surface area contributed by atoms with E-state index in [1.165, 1.54) is 6.07 Å². The summed E-state index contributed by atoms with van der Waals surface area (Å²) in [6, 6.07) is 5.15. The molecule has 2 aromatic rings. The van der Waals surface area contributed by atoms with E-state index >= 15 is 0 Å². The molecule has 0 aliphatic carbocycles. The second-order valence-electron chi connectivity index (χ2n) is 5.24. The molecule has 0 saturated heterocycles. The fraction of sp³-hybridized carbons (Fsp3) is 0.438. The molecule has 0 aromatic carbocycles. The molecule has 0 saturated carbocycles. The average molecular weight is 335 g/mol. The van der Waals surface area contributed by atoms with Crippen molar-refractivity contribution in [3.05, 3.63) is 46.3 Å². The van der Waals surface area contributed by atoms with Gasteiger partial charge >= 0.3 is 0 Å². The number of hydrogen-bond acceptors (Lipinski definition) is 5. The molecule has 2 aromatic heterocycles. The maximum atomic E-state index is 11.7. The van der Waals surface area contributed by atoms with Gasteiger partial charge in [0, 0.05) is 31.0 Å². The normalized spacial score (nSPS) is 10.7. The molecule has 0 bridgehead atoms. The van der Waals surface area contributed by atoms with E-state index < -0.39 is 0 Å². The van der Waals surface area contributed by atoms with Crippen molar-refractivity contribution in [2.24, 2.45) is 7.05 Å². The number of aromatic nitrogens is 2. The lowest BCUT2D eigenvalue weighted by atomic mass is 10.2. The van der Waals surface area contributed by atoms with E-state index in [1.54, 1.807) is 35.7 Å². The van der Waals surface area contributed by atoms with Crippen LogP contribution in [0.5, 0.6) is 0 Å². The van der Waals surface area contributed by atoms with Crippen molar-refractivity contribution in [3.63, 3.8) is 0 Å². The predicted molar refractivity (Wildman–Crippen MR) is 89.3 cm³/mol. The van der Waals surface area contributed by atoms with Crippen LogP contribution in [0.1, 0.15) is 30.7 Å². The summed E-state index contributed by atoms with van der Waals surface area (Å²) in [5, 5.41) is 3.54. The van der Waals surface area contributed by atoms with Crippen LogP contribution in [0.2, 0.25) is 0 Å². The summed E-state index contributed by atoms with van der Waals surface area (Å²) >= 11 is 1.54. The highest BCUT2D eigenvalue weighted by Gasteiger charge is 2.05. The Balaban J connectivity index is 1.64. The van der Waals surface area contributed by atoms with Gasteiger partial charge in [-0.05, 0) is 31.9 Å². The van der Waals surface area contributed by atoms with Gasteiger partial charge in [-0.15, -0.1) is 0 Å². The lowest BCUT2D eigenvalue weighted by molar-refractivity contribution is -0.121. The molecule has 124 valence electrons. The standard InChI is InChI=1S/C16H21N3O3S/c1-12-10-15(21)19(2)16(18-12)23-9-4-3-7-14(20)17-11-13-6-5-8-22-13/h5-6,8,10H,3-4,7,9,11H2,1-2H3,(H,17,20). The van der Waals surface area contributed by atoms with Crippen LogP contribution in [0.15, 0.2) is 38.8 Å². The minimum atomic E-state index is -0.0442. The van der Waals surface area contributed by atoms with Gasteiger partial charge in [-0.1, -0.05) is 11.8 Å². The summed E-state index contributed by atoms with van der Waals surface area (Å²) in [4.78, 5) is 27.7. The van der Waals surface area contributed by atoms with Crippen molar-refractivity contribution in [2.75, 3.05) is 5.75 Å². The third-order valence-corrected chi connectivity index (χ3v) is 4.41. The first-order valence-corrected chi connectivity index (χ1v) is 8.51. The van der Waals surface area contributed by atoms with Crippen molar-refractivity contribution in [3.8, 4) is 0 Å². The summed E-state index contributed by atoms with van der Waals surface area (Å²) < 4.78 is 6.70. The number of nitrogens with zero attached hydrogens (tertiary/aromatic N) is 2. The van der Waals surface area contributed by atoms with Crippen LogP contribution < -0.4 is 10.9 Å². The van der Waals surface area contributed by atoms with Crippen molar-refractivity contribution in [1.82, 2.24) is 14.9 Å². The molecular weight excluding hydrogens is 314 g/mol. The minimum Gasteiger partial charge on any atom is -0.467 e. The molecule has 2 rings (SSSR count). The van der Waals surface area contributed by atoms with Crippen molar-refractivity contribution >= 4 is 17.7 Å². The third kappa shape index (κ3) is 5.59. The van der Waals surface area contributed by atoms with Crippen LogP contribution in [-0.2, 0) is 18.4 Å². The lowest BCUT2D eigenvalue weighted by Gasteiger charge is -2.07. The quantitative estimate of drug-likeness (QED) is 0.455. The molecule has 23 heavy (non-hydrogen) atoms. The molecule has 6 nitrogen and oxygen atoms in total. The van der Waals surface area contributed by atoms with Gasteiger partial charge < -0.3 is 9.73 Å². The molecule has 7 heteroatoms. The fourth-order valence-electron chi connectivity index (χ4n) is 2.00. The molecule has 0 aliphatic rings. The van der Waals surface area contributed by atoms with E-state index in [0.29, 0.717) is 13.0 Å². The third-order valence-electron chi connectivity index (χ3n) is 3.29. The molecule has 0 unspecified atom stereocenters. The molecule has 0 radical (unpaired) electrons. The predicted octanol–water partition coefficient (Wildman–Crippen LogP) is 2.26. The Morgan fingerprint density at radius 1 is 1.43 bits per heavy atom. The fourth-order valence-corrected chi connectivity index (χ4v) is 3.02. The maximum Gasteiger partial charge on any atom is 0.254 e. The molecule has 0 fully saturated rings. The van der Waals surface area contributed by atoms with E-state index in [9.17, 15) is 9.59 Å². The maximum absolute atomic E-state index is 11.7. The van der Waals surface area contributed by atoms with Gasteiger partial charge in [-0.25, -0.2) is 4.98 Å². The van der Waals surface area contributed by atoms with E-state index in [-0.39, 0.29) is 11.5 Å². The Hall–Kier alpha value is -2.02. The van der Waals surface area contributed by atoms with Gasteiger partial charge in [0.25, 0.3) is 5.56 Å². The first kappa shape index (κ1) is 17.3. The van der Waals surface area contributed by atoms with Crippen molar-refractivity contribution in [2.45, 2.75) is 37.9 Å². The highest BCUT2D eigenvalue weighted by Crippen LogP contribution is 2.15. The summed E-state index contributed by atoms with van der Waals surface area (Å²) in [7, 11) is 1.72. The summed E-state index contributed by atoms with van der Waals surface area (Å²) in [6.07, 6.45) is 3.77. The highest BCUT2D eigenvalue weighted by molar-refractivity contribution is 7.99. The molecule has 0 aliphatic heterocycles. The van der Waals surface area contributed by atoms with Gasteiger partial charge in [0.1, 0.15) is 5.76 Å². The van der Waals surface area contributed by atoms with Crippen LogP contribution in [0, 0.1) is 6.92 Å². The van der Waals surface area contributed by atoms with Crippen LogP contribution in [0.4, 0.5) is 0 Å². The molecule has 2 heterocycles. The number of amides is 1. The van der Waals surface area contributed by atoms with Crippen LogP contribution in [0.25, 0.3) is 0 Å². The smallest absolute Gasteiger partial charge is 0.254 e. The van der Waals surface area contributed by atoms with E-state index in [2.05, 4.69) is 10.3 Å². The lowest BCUT2D eigenvalue weighted by Crippen LogP contribution is -2.22. The van der Waals surface area contributed by atoms with Crippen LogP contribution in [0.3, 0.4) is 0 Å². The first-order valence-electron chi connectivity index (χ1n) is 7.53. The van der Waals surface area contributed by atoms with Gasteiger partial charge in [-0.3, -0.25) is 14.2 Å². The highest BCUT2D eigenvalue weighted by atomic mass is 32.2. The van der Waals surface area contributed by atoms with Gasteiger partial charge in [0.2, 0.25) is 5.91 Å². The molecule has 1 amide bonds. The number of nitrogens with one attached hydrogen (secondary N) is 1. The zero-order valence-electron chi connectivity index (χ0n) is 13.4. The van der Waals surface area contributed by atoms with Gasteiger partial charge in [-0.2, -0.15) is 0 Å². The largest absolute Gasteiger partial charge is 0.467 e. The molecule has 1 N–H and O–H groups in total. The summed E-state index contributed by atoms with van der Waals surface area (Å²) in [6.45, 7) is 2.24. The number of carbonyl (C=O) groups excluding carboxylic acids is 1. The van der Waals surface area contributed by atoms with Crippen LogP contribution >= 0.6 is 11.8 Å². The average Bonchev–Trinajstić information content (AvgIpc) is 3.03. The zero-order chi connectivity index (χ0) is 16.7. The monoisotopic (exact) mass is 335 g/mol. The number of rotatable bonds is 8. The number of aryl methyl sites for hydroxylation is 1. The number of furan rings is 1. The van der Waals surface area contributed by atoms with Gasteiger partial charge in [0.15, 0.2) is 5.16 Å². The van der Waals surface area contributed by atoms with E-state index in [0.717, 1.165) is 35.2 Å². The number of thioether (sulfide) groups is 1. The van der Waals surface area contributed by atoms with Crippen molar-refractivity contribution < 1.29 is 9.21 Å². The Morgan fingerprint density at radius 3 is 3.00 bits per heavy atom. The second kappa shape index (κ2) is 8.57.